The van der Waals surface area contributed by atoms with Crippen LogP contribution in [0.3, 0.4) is 0 Å². The zero-order chi connectivity index (χ0) is 21.1. The van der Waals surface area contributed by atoms with Crippen molar-refractivity contribution in [3.05, 3.63) is 40.4 Å². The second-order valence-electron chi connectivity index (χ2n) is 8.03. The topological polar surface area (TPSA) is 70.1 Å². The molecule has 2 amide bonds. The molecule has 0 spiro atoms. The molecule has 0 aromatic heterocycles. The summed E-state index contributed by atoms with van der Waals surface area (Å²) in [4.78, 5) is 27.8. The van der Waals surface area contributed by atoms with E-state index < -0.39 is 23.8 Å². The van der Waals surface area contributed by atoms with Crippen molar-refractivity contribution >= 4 is 33.6 Å². The number of amides is 2. The van der Waals surface area contributed by atoms with Crippen LogP contribution in [0.1, 0.15) is 39.7 Å². The van der Waals surface area contributed by atoms with Gasteiger partial charge in [-0.2, -0.15) is 0 Å². The Morgan fingerprint density at radius 2 is 2.07 bits per heavy atom. The van der Waals surface area contributed by atoms with Crippen molar-refractivity contribution < 1.29 is 19.4 Å². The Morgan fingerprint density at radius 3 is 2.68 bits per heavy atom. The highest BCUT2D eigenvalue weighted by Gasteiger charge is 2.36. The van der Waals surface area contributed by atoms with E-state index in [9.17, 15) is 14.7 Å². The summed E-state index contributed by atoms with van der Waals surface area (Å²) in [6.07, 6.45) is 2.99. The first-order valence-corrected chi connectivity index (χ1v) is 10.2. The van der Waals surface area contributed by atoms with Gasteiger partial charge >= 0.3 is 6.09 Å². The second-order valence-corrected chi connectivity index (χ2v) is 8.89. The Bertz CT molecular complexity index is 757. The van der Waals surface area contributed by atoms with E-state index in [1.165, 1.54) is 11.8 Å². The van der Waals surface area contributed by atoms with Gasteiger partial charge in [0.2, 0.25) is 5.91 Å². The molecule has 1 aliphatic rings. The number of hydrogen-bond donors (Lipinski definition) is 1. The first kappa shape index (κ1) is 22.4. The van der Waals surface area contributed by atoms with Crippen molar-refractivity contribution in [3.63, 3.8) is 0 Å². The maximum atomic E-state index is 12.4. The second kappa shape index (κ2) is 9.09. The summed E-state index contributed by atoms with van der Waals surface area (Å²) in [5.41, 5.74) is 1.24. The fraction of sp³-hybridized carbons (Fsp3) is 0.524. The smallest absolute Gasteiger partial charge is 0.410 e. The number of likely N-dealkylation sites (tertiary alicyclic amines) is 1. The molecule has 1 aromatic rings. The van der Waals surface area contributed by atoms with E-state index in [-0.39, 0.29) is 5.91 Å². The van der Waals surface area contributed by atoms with Gasteiger partial charge in [0.15, 0.2) is 0 Å². The number of hydrogen-bond acceptors (Lipinski definition) is 4. The largest absolute Gasteiger partial charge is 0.444 e. The standard InChI is InChI=1S/C21H29BrN2O4/c1-14-8-9-16(22)18(13-14)23(15(2)25)11-6-7-17-19(26)10-12-24(17)20(27)28-21(3,4)5/h6-9,13,17,19,26H,10-12H2,1-5H3/b7-6+/t17-,19+/m1/s1. The van der Waals surface area contributed by atoms with Crippen LogP contribution in [-0.2, 0) is 9.53 Å². The molecule has 1 heterocycles. The SMILES string of the molecule is CC(=O)N(C/C=C/[C@@H]1[C@@H](O)CCN1C(=O)OC(C)(C)C)c1cc(C)ccc1Br. The third kappa shape index (κ3) is 5.82. The maximum Gasteiger partial charge on any atom is 0.410 e. The van der Waals surface area contributed by atoms with E-state index in [0.29, 0.717) is 19.5 Å². The number of benzene rings is 1. The van der Waals surface area contributed by atoms with Crippen molar-refractivity contribution in [2.45, 2.75) is 58.8 Å². The van der Waals surface area contributed by atoms with Gasteiger partial charge in [0, 0.05) is 24.5 Å². The zero-order valence-corrected chi connectivity index (χ0v) is 18.7. The molecule has 1 fully saturated rings. The summed E-state index contributed by atoms with van der Waals surface area (Å²) >= 11 is 3.50. The molecule has 2 rings (SSSR count). The van der Waals surface area contributed by atoms with Crippen LogP contribution in [0.4, 0.5) is 10.5 Å². The summed E-state index contributed by atoms with van der Waals surface area (Å²) in [6, 6.07) is 5.35. The highest BCUT2D eigenvalue weighted by Crippen LogP contribution is 2.28. The molecule has 2 atom stereocenters. The van der Waals surface area contributed by atoms with Gasteiger partial charge in [-0.1, -0.05) is 18.2 Å². The number of aliphatic hydroxyl groups excluding tert-OH is 1. The predicted molar refractivity (Wildman–Crippen MR) is 113 cm³/mol. The van der Waals surface area contributed by atoms with Crippen molar-refractivity contribution in [2.24, 2.45) is 0 Å². The minimum atomic E-state index is -0.653. The third-order valence-corrected chi connectivity index (χ3v) is 5.11. The van der Waals surface area contributed by atoms with E-state index >= 15 is 0 Å². The van der Waals surface area contributed by atoms with Gasteiger partial charge in [-0.05, 0) is 67.7 Å². The highest BCUT2D eigenvalue weighted by atomic mass is 79.9. The number of ether oxygens (including phenoxy) is 1. The number of carbonyl (C=O) groups excluding carboxylic acids is 2. The van der Waals surface area contributed by atoms with E-state index in [4.69, 9.17) is 4.74 Å². The quantitative estimate of drug-likeness (QED) is 0.699. The van der Waals surface area contributed by atoms with Crippen molar-refractivity contribution in [1.82, 2.24) is 4.90 Å². The van der Waals surface area contributed by atoms with Crippen molar-refractivity contribution in [3.8, 4) is 0 Å². The molecule has 28 heavy (non-hydrogen) atoms. The molecule has 6 nitrogen and oxygen atoms in total. The molecule has 0 unspecified atom stereocenters. The average Bonchev–Trinajstić information content (AvgIpc) is 2.93. The monoisotopic (exact) mass is 452 g/mol. The molecular formula is C21H29BrN2O4. The van der Waals surface area contributed by atoms with Crippen molar-refractivity contribution in [1.29, 1.82) is 0 Å². The Balaban J connectivity index is 2.14. The molecule has 1 aromatic carbocycles. The van der Waals surface area contributed by atoms with Gasteiger partial charge in [0.25, 0.3) is 0 Å². The molecule has 0 saturated carbocycles. The third-order valence-electron chi connectivity index (χ3n) is 4.44. The normalized spacial score (nSPS) is 19.9. The summed E-state index contributed by atoms with van der Waals surface area (Å²) in [7, 11) is 0. The first-order chi connectivity index (χ1) is 13.0. The number of carbonyl (C=O) groups is 2. The van der Waals surface area contributed by atoms with Crippen molar-refractivity contribution in [2.75, 3.05) is 18.0 Å². The summed E-state index contributed by atoms with van der Waals surface area (Å²) in [5, 5.41) is 10.3. The van der Waals surface area contributed by atoms with Crippen LogP contribution in [-0.4, -0.2) is 52.8 Å². The minimum Gasteiger partial charge on any atom is -0.444 e. The van der Waals surface area contributed by atoms with Gasteiger partial charge in [-0.25, -0.2) is 4.79 Å². The number of aryl methyl sites for hydroxylation is 1. The zero-order valence-electron chi connectivity index (χ0n) is 17.1. The number of anilines is 1. The molecule has 0 aliphatic carbocycles. The van der Waals surface area contributed by atoms with E-state index in [2.05, 4.69) is 15.9 Å². The van der Waals surface area contributed by atoms with Crippen LogP contribution in [0.25, 0.3) is 0 Å². The van der Waals surface area contributed by atoms with Crippen LogP contribution in [0, 0.1) is 6.92 Å². The Labute approximate surface area is 175 Å². The minimum absolute atomic E-state index is 0.0908. The number of aliphatic hydroxyl groups is 1. The van der Waals surface area contributed by atoms with Crippen LogP contribution in [0.5, 0.6) is 0 Å². The molecule has 1 N–H and O–H groups in total. The lowest BCUT2D eigenvalue weighted by Gasteiger charge is -2.28. The van der Waals surface area contributed by atoms with Gasteiger partial charge in [-0.3, -0.25) is 9.69 Å². The van der Waals surface area contributed by atoms with E-state index in [1.807, 2.05) is 52.0 Å². The lowest BCUT2D eigenvalue weighted by atomic mass is 10.1. The summed E-state index contributed by atoms with van der Waals surface area (Å²) in [6.45, 7) is 9.69. The van der Waals surface area contributed by atoms with Gasteiger partial charge in [-0.15, -0.1) is 0 Å². The number of nitrogens with zero attached hydrogens (tertiary/aromatic N) is 2. The van der Waals surface area contributed by atoms with Gasteiger partial charge in [0.1, 0.15) is 5.60 Å². The van der Waals surface area contributed by atoms with Crippen LogP contribution >= 0.6 is 15.9 Å². The van der Waals surface area contributed by atoms with Crippen LogP contribution in [0.2, 0.25) is 0 Å². The molecule has 154 valence electrons. The Morgan fingerprint density at radius 1 is 1.39 bits per heavy atom. The molecule has 0 radical (unpaired) electrons. The fourth-order valence-electron chi connectivity index (χ4n) is 3.10. The summed E-state index contributed by atoms with van der Waals surface area (Å²) in [5.74, 6) is -0.0908. The van der Waals surface area contributed by atoms with Gasteiger partial charge in [0.05, 0.1) is 17.8 Å². The maximum absolute atomic E-state index is 12.4. The Hall–Kier alpha value is -1.86. The van der Waals surface area contributed by atoms with E-state index in [0.717, 1.165) is 15.7 Å². The van der Waals surface area contributed by atoms with Crippen LogP contribution < -0.4 is 4.90 Å². The number of halogens is 1. The lowest BCUT2D eigenvalue weighted by Crippen LogP contribution is -2.41. The fourth-order valence-corrected chi connectivity index (χ4v) is 3.56. The molecule has 7 heteroatoms. The lowest BCUT2D eigenvalue weighted by molar-refractivity contribution is -0.116. The van der Waals surface area contributed by atoms with Crippen LogP contribution in [0.15, 0.2) is 34.8 Å². The first-order valence-electron chi connectivity index (χ1n) is 9.38. The molecule has 1 aliphatic heterocycles. The van der Waals surface area contributed by atoms with Gasteiger partial charge < -0.3 is 14.7 Å². The highest BCUT2D eigenvalue weighted by molar-refractivity contribution is 9.10. The number of rotatable bonds is 4. The molecule has 0 bridgehead atoms. The molecular weight excluding hydrogens is 424 g/mol. The summed E-state index contributed by atoms with van der Waals surface area (Å²) < 4.78 is 6.27. The average molecular weight is 453 g/mol. The molecule has 1 saturated heterocycles. The van der Waals surface area contributed by atoms with E-state index in [1.54, 1.807) is 11.0 Å². The Kier molecular flexibility index (Phi) is 7.28. The predicted octanol–water partition coefficient (Wildman–Crippen LogP) is 4.04.